The lowest BCUT2D eigenvalue weighted by Gasteiger charge is -2.04. The molecule has 0 heterocycles. The van der Waals surface area contributed by atoms with Crippen LogP contribution in [0.5, 0.6) is 0 Å². The standard InChI is InChI=1S/C12H9BrO/c1-8(14)9-4-2-6-11-10(9)5-3-7-12(11)13/h2-7H,1H3. The lowest BCUT2D eigenvalue weighted by Crippen LogP contribution is -1.92. The molecule has 0 radical (unpaired) electrons. The average molecular weight is 249 g/mol. The normalized spacial score (nSPS) is 10.4. The Morgan fingerprint density at radius 2 is 1.71 bits per heavy atom. The third-order valence-corrected chi connectivity index (χ3v) is 2.94. The van der Waals surface area contributed by atoms with E-state index in [2.05, 4.69) is 15.9 Å². The molecule has 0 aliphatic rings. The van der Waals surface area contributed by atoms with Crippen molar-refractivity contribution in [1.29, 1.82) is 0 Å². The van der Waals surface area contributed by atoms with Crippen molar-refractivity contribution >= 4 is 32.5 Å². The Kier molecular flexibility index (Phi) is 2.38. The summed E-state index contributed by atoms with van der Waals surface area (Å²) < 4.78 is 1.03. The van der Waals surface area contributed by atoms with E-state index in [1.807, 2.05) is 36.4 Å². The molecule has 70 valence electrons. The third kappa shape index (κ3) is 1.46. The highest BCUT2D eigenvalue weighted by atomic mass is 79.9. The summed E-state index contributed by atoms with van der Waals surface area (Å²) in [6.07, 6.45) is 0. The number of halogens is 1. The molecular weight excluding hydrogens is 240 g/mol. The second-order valence-corrected chi connectivity index (χ2v) is 4.05. The van der Waals surface area contributed by atoms with E-state index < -0.39 is 0 Å². The van der Waals surface area contributed by atoms with E-state index in [1.54, 1.807) is 6.92 Å². The van der Waals surface area contributed by atoms with Crippen molar-refractivity contribution in [2.75, 3.05) is 0 Å². The fourth-order valence-electron chi connectivity index (χ4n) is 1.58. The first-order valence-electron chi connectivity index (χ1n) is 4.38. The van der Waals surface area contributed by atoms with E-state index in [4.69, 9.17) is 0 Å². The van der Waals surface area contributed by atoms with Gasteiger partial charge in [-0.3, -0.25) is 4.79 Å². The predicted molar refractivity (Wildman–Crippen MR) is 61.7 cm³/mol. The molecule has 0 saturated carbocycles. The number of fused-ring (bicyclic) bond motifs is 1. The van der Waals surface area contributed by atoms with Crippen molar-refractivity contribution in [2.24, 2.45) is 0 Å². The molecule has 0 aromatic heterocycles. The zero-order valence-electron chi connectivity index (χ0n) is 7.75. The molecule has 0 bridgehead atoms. The van der Waals surface area contributed by atoms with E-state index in [-0.39, 0.29) is 5.78 Å². The summed E-state index contributed by atoms with van der Waals surface area (Å²) in [6, 6.07) is 11.7. The van der Waals surface area contributed by atoms with Gasteiger partial charge in [-0.1, -0.05) is 46.3 Å². The molecular formula is C12H9BrO. The van der Waals surface area contributed by atoms with Gasteiger partial charge in [-0.15, -0.1) is 0 Å². The fraction of sp³-hybridized carbons (Fsp3) is 0.0833. The summed E-state index contributed by atoms with van der Waals surface area (Å²) in [7, 11) is 0. The van der Waals surface area contributed by atoms with Crippen LogP contribution in [0.4, 0.5) is 0 Å². The van der Waals surface area contributed by atoms with Crippen molar-refractivity contribution in [3.63, 3.8) is 0 Å². The number of rotatable bonds is 1. The third-order valence-electron chi connectivity index (χ3n) is 2.25. The van der Waals surface area contributed by atoms with Gasteiger partial charge in [0.1, 0.15) is 0 Å². The molecule has 1 nitrogen and oxygen atoms in total. The average Bonchev–Trinajstić information content (AvgIpc) is 2.17. The Hall–Kier alpha value is -1.15. The second kappa shape index (κ2) is 3.54. The number of benzene rings is 2. The van der Waals surface area contributed by atoms with Crippen LogP contribution in [0.1, 0.15) is 17.3 Å². The zero-order valence-corrected chi connectivity index (χ0v) is 9.34. The number of Topliss-reactive ketones (excluding diaryl/α,β-unsaturated/α-hetero) is 1. The van der Waals surface area contributed by atoms with Crippen molar-refractivity contribution in [1.82, 2.24) is 0 Å². The van der Waals surface area contributed by atoms with Crippen LogP contribution in [0.25, 0.3) is 10.8 Å². The smallest absolute Gasteiger partial charge is 0.160 e. The van der Waals surface area contributed by atoms with E-state index in [9.17, 15) is 4.79 Å². The van der Waals surface area contributed by atoms with Gasteiger partial charge in [-0.05, 0) is 23.8 Å². The van der Waals surface area contributed by atoms with Gasteiger partial charge < -0.3 is 0 Å². The Morgan fingerprint density at radius 1 is 1.07 bits per heavy atom. The minimum atomic E-state index is 0.105. The first-order chi connectivity index (χ1) is 6.70. The minimum absolute atomic E-state index is 0.105. The molecule has 2 rings (SSSR count). The largest absolute Gasteiger partial charge is 0.294 e. The summed E-state index contributed by atoms with van der Waals surface area (Å²) in [5.74, 6) is 0.105. The Balaban J connectivity index is 2.88. The number of carbonyl (C=O) groups excluding carboxylic acids is 1. The molecule has 0 fully saturated rings. The topological polar surface area (TPSA) is 17.1 Å². The Labute approximate surface area is 90.9 Å². The predicted octanol–water partition coefficient (Wildman–Crippen LogP) is 3.80. The quantitative estimate of drug-likeness (QED) is 0.702. The fourth-order valence-corrected chi connectivity index (χ4v) is 2.08. The molecule has 2 heteroatoms. The first kappa shape index (κ1) is 9.41. The highest BCUT2D eigenvalue weighted by Gasteiger charge is 2.05. The van der Waals surface area contributed by atoms with Gasteiger partial charge in [0, 0.05) is 10.0 Å². The van der Waals surface area contributed by atoms with Gasteiger partial charge in [-0.2, -0.15) is 0 Å². The van der Waals surface area contributed by atoms with E-state index >= 15 is 0 Å². The molecule has 0 amide bonds. The molecule has 0 N–H and O–H groups in total. The van der Waals surface area contributed by atoms with Gasteiger partial charge in [0.05, 0.1) is 0 Å². The van der Waals surface area contributed by atoms with Crippen LogP contribution >= 0.6 is 15.9 Å². The van der Waals surface area contributed by atoms with Gasteiger partial charge in [0.2, 0.25) is 0 Å². The van der Waals surface area contributed by atoms with Crippen molar-refractivity contribution < 1.29 is 4.79 Å². The number of carbonyl (C=O) groups is 1. The van der Waals surface area contributed by atoms with E-state index in [1.165, 1.54) is 0 Å². The van der Waals surface area contributed by atoms with Crippen LogP contribution < -0.4 is 0 Å². The van der Waals surface area contributed by atoms with E-state index in [0.29, 0.717) is 0 Å². The molecule has 0 unspecified atom stereocenters. The number of hydrogen-bond acceptors (Lipinski definition) is 1. The molecule has 14 heavy (non-hydrogen) atoms. The van der Waals surface area contributed by atoms with Crippen LogP contribution in [0, 0.1) is 0 Å². The minimum Gasteiger partial charge on any atom is -0.294 e. The zero-order chi connectivity index (χ0) is 10.1. The maximum atomic E-state index is 11.4. The van der Waals surface area contributed by atoms with E-state index in [0.717, 1.165) is 20.8 Å². The SMILES string of the molecule is CC(=O)c1cccc2c(Br)cccc12. The van der Waals surface area contributed by atoms with Crippen LogP contribution in [0.3, 0.4) is 0 Å². The number of ketones is 1. The Morgan fingerprint density at radius 3 is 2.43 bits per heavy atom. The van der Waals surface area contributed by atoms with Crippen molar-refractivity contribution in [3.05, 3.63) is 46.4 Å². The lowest BCUT2D eigenvalue weighted by atomic mass is 10.0. The highest BCUT2D eigenvalue weighted by molar-refractivity contribution is 9.10. The van der Waals surface area contributed by atoms with Gasteiger partial charge in [0.25, 0.3) is 0 Å². The van der Waals surface area contributed by atoms with Crippen LogP contribution in [0.15, 0.2) is 40.9 Å². The Bertz CT molecular complexity index is 503. The van der Waals surface area contributed by atoms with Gasteiger partial charge in [-0.25, -0.2) is 0 Å². The summed E-state index contributed by atoms with van der Waals surface area (Å²) in [4.78, 5) is 11.4. The molecule has 0 saturated heterocycles. The monoisotopic (exact) mass is 248 g/mol. The maximum Gasteiger partial charge on any atom is 0.160 e. The van der Waals surface area contributed by atoms with Gasteiger partial charge >= 0.3 is 0 Å². The van der Waals surface area contributed by atoms with Crippen LogP contribution in [-0.2, 0) is 0 Å². The highest BCUT2D eigenvalue weighted by Crippen LogP contribution is 2.26. The van der Waals surface area contributed by atoms with Crippen molar-refractivity contribution in [2.45, 2.75) is 6.92 Å². The maximum absolute atomic E-state index is 11.4. The first-order valence-corrected chi connectivity index (χ1v) is 5.17. The molecule has 0 atom stereocenters. The van der Waals surface area contributed by atoms with Crippen LogP contribution in [-0.4, -0.2) is 5.78 Å². The summed E-state index contributed by atoms with van der Waals surface area (Å²) in [5.41, 5.74) is 0.781. The molecule has 0 aliphatic carbocycles. The summed E-state index contributed by atoms with van der Waals surface area (Å²) in [5, 5.41) is 2.09. The molecule has 0 spiro atoms. The molecule has 0 aliphatic heterocycles. The molecule has 2 aromatic carbocycles. The lowest BCUT2D eigenvalue weighted by molar-refractivity contribution is 0.101. The summed E-state index contributed by atoms with van der Waals surface area (Å²) in [6.45, 7) is 1.59. The summed E-state index contributed by atoms with van der Waals surface area (Å²) >= 11 is 3.47. The van der Waals surface area contributed by atoms with Gasteiger partial charge in [0.15, 0.2) is 5.78 Å². The molecule has 2 aromatic rings. The number of hydrogen-bond donors (Lipinski definition) is 0. The van der Waals surface area contributed by atoms with Crippen LogP contribution in [0.2, 0.25) is 0 Å². The second-order valence-electron chi connectivity index (χ2n) is 3.20. The van der Waals surface area contributed by atoms with Crippen molar-refractivity contribution in [3.8, 4) is 0 Å².